The Morgan fingerprint density at radius 3 is 2.00 bits per heavy atom. The molecular weight excluding hydrogens is 150 g/mol. The van der Waals surface area contributed by atoms with Crippen molar-refractivity contribution in [2.24, 2.45) is 0 Å². The number of benzene rings is 1. The van der Waals surface area contributed by atoms with Crippen LogP contribution in [0, 0.1) is 11.6 Å². The van der Waals surface area contributed by atoms with Crippen molar-refractivity contribution in [2.45, 2.75) is 13.0 Å². The molecule has 1 aromatic carbocycles. The summed E-state index contributed by atoms with van der Waals surface area (Å²) in [5.74, 6) is -1.33. The molecule has 1 rings (SSSR count). The van der Waals surface area contributed by atoms with E-state index in [2.05, 4.69) is 0 Å². The van der Waals surface area contributed by atoms with E-state index >= 15 is 0 Å². The molecule has 0 bridgehead atoms. The van der Waals surface area contributed by atoms with Crippen LogP contribution in [-0.2, 0) is 0 Å². The average molecular weight is 158 g/mol. The Morgan fingerprint density at radius 2 is 1.64 bits per heavy atom. The summed E-state index contributed by atoms with van der Waals surface area (Å²) in [5.41, 5.74) is 0.252. The molecule has 60 valence electrons. The highest BCUT2D eigenvalue weighted by Crippen LogP contribution is 2.14. The Kier molecular flexibility index (Phi) is 2.19. The van der Waals surface area contributed by atoms with Gasteiger partial charge in [0.25, 0.3) is 0 Å². The van der Waals surface area contributed by atoms with Crippen molar-refractivity contribution >= 4 is 0 Å². The molecule has 0 aliphatic rings. The molecule has 0 amide bonds. The molecule has 1 nitrogen and oxygen atoms in total. The van der Waals surface area contributed by atoms with Crippen molar-refractivity contribution in [1.29, 1.82) is 0 Å². The molecule has 0 saturated heterocycles. The van der Waals surface area contributed by atoms with Crippen LogP contribution in [0.25, 0.3) is 0 Å². The maximum absolute atomic E-state index is 12.4. The molecule has 0 fully saturated rings. The van der Waals surface area contributed by atoms with Crippen molar-refractivity contribution < 1.29 is 13.9 Å². The summed E-state index contributed by atoms with van der Waals surface area (Å²) in [7, 11) is 0. The van der Waals surface area contributed by atoms with E-state index in [1.807, 2.05) is 0 Å². The summed E-state index contributed by atoms with van der Waals surface area (Å²) in [6.07, 6.45) is -0.833. The zero-order valence-corrected chi connectivity index (χ0v) is 6.01. The highest BCUT2D eigenvalue weighted by Gasteiger charge is 2.04. The zero-order valence-electron chi connectivity index (χ0n) is 6.01. The third-order valence-electron chi connectivity index (χ3n) is 1.37. The second-order valence-corrected chi connectivity index (χ2v) is 2.38. The molecule has 0 saturated carbocycles. The maximum atomic E-state index is 12.4. The van der Waals surface area contributed by atoms with Crippen LogP contribution < -0.4 is 0 Å². The molecular formula is C8H8F2O. The van der Waals surface area contributed by atoms with Crippen LogP contribution in [-0.4, -0.2) is 5.11 Å². The van der Waals surface area contributed by atoms with Crippen LogP contribution in [0.4, 0.5) is 8.78 Å². The zero-order chi connectivity index (χ0) is 8.43. The molecule has 3 heteroatoms. The van der Waals surface area contributed by atoms with Crippen molar-refractivity contribution in [3.63, 3.8) is 0 Å². The van der Waals surface area contributed by atoms with Crippen LogP contribution in [0.1, 0.15) is 18.6 Å². The van der Waals surface area contributed by atoms with Crippen molar-refractivity contribution in [2.75, 3.05) is 0 Å². The molecule has 0 heterocycles. The predicted octanol–water partition coefficient (Wildman–Crippen LogP) is 2.02. The van der Waals surface area contributed by atoms with Gasteiger partial charge in [-0.15, -0.1) is 0 Å². The van der Waals surface area contributed by atoms with Crippen LogP contribution >= 0.6 is 0 Å². The van der Waals surface area contributed by atoms with Gasteiger partial charge in [-0.2, -0.15) is 0 Å². The Balaban J connectivity index is 3.08. The first-order chi connectivity index (χ1) is 5.09. The largest absolute Gasteiger partial charge is 0.389 e. The van der Waals surface area contributed by atoms with Gasteiger partial charge in [0.2, 0.25) is 0 Å². The first-order valence-electron chi connectivity index (χ1n) is 3.23. The van der Waals surface area contributed by atoms with Gasteiger partial charge >= 0.3 is 0 Å². The molecule has 11 heavy (non-hydrogen) atoms. The highest BCUT2D eigenvalue weighted by molar-refractivity contribution is 5.19. The van der Waals surface area contributed by atoms with Gasteiger partial charge in [-0.1, -0.05) is 0 Å². The van der Waals surface area contributed by atoms with Crippen LogP contribution in [0.3, 0.4) is 0 Å². The van der Waals surface area contributed by atoms with E-state index in [0.717, 1.165) is 18.2 Å². The van der Waals surface area contributed by atoms with Gasteiger partial charge in [0, 0.05) is 6.07 Å². The van der Waals surface area contributed by atoms with E-state index in [0.29, 0.717) is 0 Å². The minimum absolute atomic E-state index is 0.252. The summed E-state index contributed by atoms with van der Waals surface area (Å²) < 4.78 is 24.9. The standard InChI is InChI=1S/C8H8F2O/c1-5(11)6-2-7(9)4-8(10)3-6/h2-5,11H,1H3/t5-/m0/s1. The molecule has 1 atom stereocenters. The highest BCUT2D eigenvalue weighted by atomic mass is 19.1. The number of halogens is 2. The normalized spacial score (nSPS) is 13.1. The molecule has 0 unspecified atom stereocenters. The summed E-state index contributed by atoms with van der Waals surface area (Å²) in [6, 6.07) is 2.98. The Hall–Kier alpha value is -0.960. The topological polar surface area (TPSA) is 20.2 Å². The van der Waals surface area contributed by atoms with E-state index in [4.69, 9.17) is 5.11 Å². The molecule has 1 N–H and O–H groups in total. The second-order valence-electron chi connectivity index (χ2n) is 2.38. The van der Waals surface area contributed by atoms with Crippen molar-refractivity contribution in [3.05, 3.63) is 35.4 Å². The Bertz CT molecular complexity index is 238. The lowest BCUT2D eigenvalue weighted by atomic mass is 10.1. The fourth-order valence-corrected chi connectivity index (χ4v) is 0.816. The fourth-order valence-electron chi connectivity index (χ4n) is 0.816. The molecule has 0 spiro atoms. The monoisotopic (exact) mass is 158 g/mol. The summed E-state index contributed by atoms with van der Waals surface area (Å²) in [6.45, 7) is 1.45. The van der Waals surface area contributed by atoms with E-state index in [-0.39, 0.29) is 5.56 Å². The predicted molar refractivity (Wildman–Crippen MR) is 37.0 cm³/mol. The van der Waals surface area contributed by atoms with Gasteiger partial charge in [-0.25, -0.2) is 8.78 Å². The van der Waals surface area contributed by atoms with Gasteiger partial charge < -0.3 is 5.11 Å². The third-order valence-corrected chi connectivity index (χ3v) is 1.37. The lowest BCUT2D eigenvalue weighted by Crippen LogP contribution is -1.93. The van der Waals surface area contributed by atoms with Gasteiger partial charge in [0.1, 0.15) is 11.6 Å². The van der Waals surface area contributed by atoms with Crippen LogP contribution in [0.2, 0.25) is 0 Å². The molecule has 0 aliphatic heterocycles. The van der Waals surface area contributed by atoms with Gasteiger partial charge in [0.15, 0.2) is 0 Å². The number of hydrogen-bond acceptors (Lipinski definition) is 1. The smallest absolute Gasteiger partial charge is 0.126 e. The lowest BCUT2D eigenvalue weighted by molar-refractivity contribution is 0.198. The first-order valence-corrected chi connectivity index (χ1v) is 3.23. The van der Waals surface area contributed by atoms with Crippen molar-refractivity contribution in [1.82, 2.24) is 0 Å². The van der Waals surface area contributed by atoms with Crippen molar-refractivity contribution in [3.8, 4) is 0 Å². The number of aliphatic hydroxyl groups is 1. The third kappa shape index (κ3) is 1.98. The lowest BCUT2D eigenvalue weighted by Gasteiger charge is -2.03. The molecule has 0 aliphatic carbocycles. The van der Waals surface area contributed by atoms with E-state index < -0.39 is 17.7 Å². The number of rotatable bonds is 1. The SMILES string of the molecule is C[C@H](O)c1cc(F)cc(F)c1. The summed E-state index contributed by atoms with van der Waals surface area (Å²) >= 11 is 0. The average Bonchev–Trinajstić information content (AvgIpc) is 1.85. The molecule has 0 aromatic heterocycles. The van der Waals surface area contributed by atoms with E-state index in [1.54, 1.807) is 0 Å². The van der Waals surface area contributed by atoms with E-state index in [1.165, 1.54) is 6.92 Å². The minimum atomic E-state index is -0.833. The van der Waals surface area contributed by atoms with Gasteiger partial charge in [-0.05, 0) is 24.6 Å². The van der Waals surface area contributed by atoms with Gasteiger partial charge in [0.05, 0.1) is 6.10 Å². The summed E-state index contributed by atoms with van der Waals surface area (Å²) in [5, 5.41) is 8.94. The maximum Gasteiger partial charge on any atom is 0.126 e. The van der Waals surface area contributed by atoms with Crippen LogP contribution in [0.5, 0.6) is 0 Å². The quantitative estimate of drug-likeness (QED) is 0.662. The second kappa shape index (κ2) is 2.96. The Morgan fingerprint density at radius 1 is 1.18 bits per heavy atom. The molecule has 1 aromatic rings. The van der Waals surface area contributed by atoms with E-state index in [9.17, 15) is 8.78 Å². The number of aliphatic hydroxyl groups excluding tert-OH is 1. The fraction of sp³-hybridized carbons (Fsp3) is 0.250. The van der Waals surface area contributed by atoms with Crippen LogP contribution in [0.15, 0.2) is 18.2 Å². The summed E-state index contributed by atoms with van der Waals surface area (Å²) in [4.78, 5) is 0. The Labute approximate surface area is 63.3 Å². The number of hydrogen-bond donors (Lipinski definition) is 1. The van der Waals surface area contributed by atoms with Gasteiger partial charge in [-0.3, -0.25) is 0 Å². The first kappa shape index (κ1) is 8.14. The molecule has 0 radical (unpaired) electrons. The minimum Gasteiger partial charge on any atom is -0.389 e.